The zero-order valence-electron chi connectivity index (χ0n) is 10.3. The van der Waals surface area contributed by atoms with Crippen molar-refractivity contribution in [2.24, 2.45) is 5.92 Å². The highest BCUT2D eigenvalue weighted by molar-refractivity contribution is 6.47. The third-order valence-corrected chi connectivity index (χ3v) is 2.94. The van der Waals surface area contributed by atoms with Gasteiger partial charge in [-0.2, -0.15) is 0 Å². The summed E-state index contributed by atoms with van der Waals surface area (Å²) in [5.74, 6) is -0.0880. The SMILES string of the molecule is CC(C)C(C)(C)O[B]c1cccc(N)c1F. The summed E-state index contributed by atoms with van der Waals surface area (Å²) in [6.45, 7) is 8.06. The van der Waals surface area contributed by atoms with E-state index < -0.39 is 5.82 Å². The fraction of sp³-hybridized carbons (Fsp3) is 0.500. The molecule has 4 heteroatoms. The molecule has 0 fully saturated rings. The maximum absolute atomic E-state index is 13.5. The minimum Gasteiger partial charge on any atom is -0.429 e. The fourth-order valence-electron chi connectivity index (χ4n) is 1.01. The van der Waals surface area contributed by atoms with Gasteiger partial charge in [0, 0.05) is 5.60 Å². The zero-order valence-corrected chi connectivity index (χ0v) is 10.3. The lowest BCUT2D eigenvalue weighted by Gasteiger charge is -2.30. The Morgan fingerprint density at radius 1 is 1.38 bits per heavy atom. The molecule has 2 nitrogen and oxygen atoms in total. The smallest absolute Gasteiger partial charge is 0.333 e. The van der Waals surface area contributed by atoms with Crippen LogP contribution in [0.1, 0.15) is 27.7 Å². The lowest BCUT2D eigenvalue weighted by atomic mass is 9.83. The molecule has 87 valence electrons. The van der Waals surface area contributed by atoms with Crippen molar-refractivity contribution in [3.63, 3.8) is 0 Å². The number of nitrogen functional groups attached to an aromatic ring is 1. The van der Waals surface area contributed by atoms with Gasteiger partial charge in [-0.3, -0.25) is 0 Å². The molecular formula is C12H18BFNO. The number of anilines is 1. The van der Waals surface area contributed by atoms with Gasteiger partial charge in [0.2, 0.25) is 0 Å². The highest BCUT2D eigenvalue weighted by Gasteiger charge is 2.23. The molecule has 1 radical (unpaired) electrons. The summed E-state index contributed by atoms with van der Waals surface area (Å²) in [7, 11) is 1.44. The number of hydrogen-bond donors (Lipinski definition) is 1. The topological polar surface area (TPSA) is 35.2 Å². The van der Waals surface area contributed by atoms with Gasteiger partial charge < -0.3 is 10.4 Å². The van der Waals surface area contributed by atoms with Crippen molar-refractivity contribution < 1.29 is 9.04 Å². The number of nitrogens with two attached hydrogens (primary N) is 1. The monoisotopic (exact) mass is 222 g/mol. The van der Waals surface area contributed by atoms with Gasteiger partial charge in [0.25, 0.3) is 0 Å². The standard InChI is InChI=1S/C12H18BFNO/c1-8(2)12(3,4)16-13-9-6-5-7-10(15)11(9)14/h5-8H,15H2,1-4H3. The van der Waals surface area contributed by atoms with E-state index in [1.807, 2.05) is 13.8 Å². The van der Waals surface area contributed by atoms with Gasteiger partial charge in [0.05, 0.1) is 5.69 Å². The van der Waals surface area contributed by atoms with E-state index in [-0.39, 0.29) is 11.3 Å². The van der Waals surface area contributed by atoms with Crippen LogP contribution in [0.2, 0.25) is 0 Å². The Morgan fingerprint density at radius 2 is 2.00 bits per heavy atom. The number of benzene rings is 1. The third-order valence-electron chi connectivity index (χ3n) is 2.94. The van der Waals surface area contributed by atoms with Crippen LogP contribution in [0, 0.1) is 11.7 Å². The molecule has 0 amide bonds. The van der Waals surface area contributed by atoms with Crippen molar-refractivity contribution in [2.75, 3.05) is 5.73 Å². The van der Waals surface area contributed by atoms with Crippen molar-refractivity contribution in [3.05, 3.63) is 24.0 Å². The summed E-state index contributed by atoms with van der Waals surface area (Å²) in [4.78, 5) is 0. The summed E-state index contributed by atoms with van der Waals surface area (Å²) < 4.78 is 19.1. The van der Waals surface area contributed by atoms with Crippen molar-refractivity contribution in [1.82, 2.24) is 0 Å². The molecule has 1 aromatic carbocycles. The molecule has 0 aromatic heterocycles. The van der Waals surface area contributed by atoms with Crippen LogP contribution in [0.15, 0.2) is 18.2 Å². The van der Waals surface area contributed by atoms with Crippen molar-refractivity contribution in [3.8, 4) is 0 Å². The maximum atomic E-state index is 13.5. The van der Waals surface area contributed by atoms with E-state index in [0.717, 1.165) is 0 Å². The molecule has 16 heavy (non-hydrogen) atoms. The van der Waals surface area contributed by atoms with E-state index in [9.17, 15) is 4.39 Å². The first-order valence-corrected chi connectivity index (χ1v) is 5.39. The first kappa shape index (κ1) is 13.0. The summed E-state index contributed by atoms with van der Waals surface area (Å²) in [5.41, 5.74) is 5.67. The highest BCUT2D eigenvalue weighted by Crippen LogP contribution is 2.19. The van der Waals surface area contributed by atoms with Gasteiger partial charge in [-0.15, -0.1) is 0 Å². The summed E-state index contributed by atoms with van der Waals surface area (Å²) in [6.07, 6.45) is 0. The molecule has 0 bridgehead atoms. The predicted molar refractivity (Wildman–Crippen MR) is 66.2 cm³/mol. The largest absolute Gasteiger partial charge is 0.429 e. The molecule has 2 N–H and O–H groups in total. The van der Waals surface area contributed by atoms with Crippen molar-refractivity contribution >= 4 is 18.6 Å². The van der Waals surface area contributed by atoms with Gasteiger partial charge in [-0.05, 0) is 31.3 Å². The average molecular weight is 222 g/mol. The molecule has 0 unspecified atom stereocenters. The molecule has 1 aromatic rings. The second-order valence-electron chi connectivity index (χ2n) is 4.74. The van der Waals surface area contributed by atoms with Crippen molar-refractivity contribution in [1.29, 1.82) is 0 Å². The molecule has 0 aliphatic rings. The number of hydrogen-bond acceptors (Lipinski definition) is 2. The molecule has 0 heterocycles. The minimum absolute atomic E-state index is 0.139. The molecule has 0 spiro atoms. The van der Waals surface area contributed by atoms with Gasteiger partial charge in [-0.1, -0.05) is 26.0 Å². The third kappa shape index (κ3) is 2.98. The van der Waals surface area contributed by atoms with Crippen LogP contribution in [0.25, 0.3) is 0 Å². The van der Waals surface area contributed by atoms with E-state index in [1.54, 1.807) is 12.1 Å². The lowest BCUT2D eigenvalue weighted by Crippen LogP contribution is -2.37. The highest BCUT2D eigenvalue weighted by atomic mass is 19.1. The predicted octanol–water partition coefficient (Wildman–Crippen LogP) is 2.10. The molecule has 0 aliphatic carbocycles. The van der Waals surface area contributed by atoms with E-state index in [4.69, 9.17) is 10.4 Å². The molecule has 0 saturated heterocycles. The van der Waals surface area contributed by atoms with E-state index in [1.165, 1.54) is 13.5 Å². The first-order chi connectivity index (χ1) is 7.34. The van der Waals surface area contributed by atoms with Crippen molar-refractivity contribution in [2.45, 2.75) is 33.3 Å². The van der Waals surface area contributed by atoms with E-state index >= 15 is 0 Å². The Kier molecular flexibility index (Phi) is 3.97. The van der Waals surface area contributed by atoms with Crippen LogP contribution in [0.5, 0.6) is 0 Å². The second-order valence-corrected chi connectivity index (χ2v) is 4.74. The molecule has 0 aliphatic heterocycles. The van der Waals surface area contributed by atoms with Crippen LogP contribution in [-0.2, 0) is 4.65 Å². The van der Waals surface area contributed by atoms with Gasteiger partial charge in [0.1, 0.15) is 5.82 Å². The van der Waals surface area contributed by atoms with Crippen LogP contribution in [0.3, 0.4) is 0 Å². The average Bonchev–Trinajstić information content (AvgIpc) is 2.20. The molecular weight excluding hydrogens is 204 g/mol. The Hall–Kier alpha value is -1.03. The summed E-state index contributed by atoms with van der Waals surface area (Å²) in [6, 6.07) is 4.87. The van der Waals surface area contributed by atoms with Gasteiger partial charge in [0.15, 0.2) is 0 Å². The second kappa shape index (κ2) is 4.87. The Labute approximate surface area is 97.3 Å². The number of halogens is 1. The van der Waals surface area contributed by atoms with E-state index in [0.29, 0.717) is 11.4 Å². The molecule has 1 rings (SSSR count). The quantitative estimate of drug-likeness (QED) is 0.625. The van der Waals surface area contributed by atoms with Gasteiger partial charge >= 0.3 is 7.48 Å². The number of rotatable bonds is 4. The van der Waals surface area contributed by atoms with E-state index in [2.05, 4.69) is 13.8 Å². The summed E-state index contributed by atoms with van der Waals surface area (Å²) in [5, 5.41) is 0. The normalized spacial score (nSPS) is 11.9. The summed E-state index contributed by atoms with van der Waals surface area (Å²) >= 11 is 0. The van der Waals surface area contributed by atoms with Crippen LogP contribution in [-0.4, -0.2) is 13.1 Å². The van der Waals surface area contributed by atoms with Gasteiger partial charge in [-0.25, -0.2) is 4.39 Å². The van der Waals surface area contributed by atoms with Crippen LogP contribution >= 0.6 is 0 Å². The zero-order chi connectivity index (χ0) is 12.3. The first-order valence-electron chi connectivity index (χ1n) is 5.39. The maximum Gasteiger partial charge on any atom is 0.333 e. The Bertz CT molecular complexity index is 366. The Balaban J connectivity index is 2.72. The Morgan fingerprint density at radius 3 is 2.56 bits per heavy atom. The molecule has 0 atom stereocenters. The lowest BCUT2D eigenvalue weighted by molar-refractivity contribution is 0.0667. The van der Waals surface area contributed by atoms with Crippen LogP contribution in [0.4, 0.5) is 10.1 Å². The van der Waals surface area contributed by atoms with Crippen LogP contribution < -0.4 is 11.2 Å². The fourth-order valence-corrected chi connectivity index (χ4v) is 1.01. The minimum atomic E-state index is -0.429. The molecule has 0 saturated carbocycles.